The molecule has 0 atom stereocenters. The molecule has 0 aliphatic carbocycles. The number of aromatic hydroxyl groups is 2. The molecule has 0 aromatic heterocycles. The molecule has 0 aliphatic heterocycles. The third kappa shape index (κ3) is 3.34. The van der Waals surface area contributed by atoms with Crippen LogP contribution in [-0.4, -0.2) is 23.3 Å². The number of phenols is 2. The number of methoxy groups -OCH3 is 1. The molecule has 0 saturated heterocycles. The van der Waals surface area contributed by atoms with Crippen LogP contribution in [0.2, 0.25) is 0 Å². The molecular formula is C11H12O4. The van der Waals surface area contributed by atoms with Crippen LogP contribution in [0.1, 0.15) is 12.0 Å². The summed E-state index contributed by atoms with van der Waals surface area (Å²) in [5.74, 6) is -0.676. The highest BCUT2D eigenvalue weighted by molar-refractivity contribution is 5.72. The summed E-state index contributed by atoms with van der Waals surface area (Å²) < 4.78 is 4.45. The van der Waals surface area contributed by atoms with E-state index in [1.807, 2.05) is 0 Å². The van der Waals surface area contributed by atoms with E-state index in [0.717, 1.165) is 0 Å². The van der Waals surface area contributed by atoms with Gasteiger partial charge in [0.25, 0.3) is 0 Å². The first kappa shape index (κ1) is 11.1. The number of carbonyl (C=O) groups excluding carboxylic acids is 1. The monoisotopic (exact) mass is 208 g/mol. The average molecular weight is 208 g/mol. The summed E-state index contributed by atoms with van der Waals surface area (Å²) in [6.45, 7) is 0. The Morgan fingerprint density at radius 3 is 2.73 bits per heavy atom. The summed E-state index contributed by atoms with van der Waals surface area (Å²) in [4.78, 5) is 10.8. The van der Waals surface area contributed by atoms with Gasteiger partial charge in [0.05, 0.1) is 13.5 Å². The minimum atomic E-state index is -0.325. The molecule has 4 nitrogen and oxygen atoms in total. The van der Waals surface area contributed by atoms with Gasteiger partial charge in [-0.2, -0.15) is 0 Å². The number of hydrogen-bond acceptors (Lipinski definition) is 4. The Morgan fingerprint density at radius 2 is 2.13 bits per heavy atom. The molecule has 15 heavy (non-hydrogen) atoms. The molecule has 0 bridgehead atoms. The fraction of sp³-hybridized carbons (Fsp3) is 0.182. The fourth-order valence-corrected chi connectivity index (χ4v) is 1.02. The molecule has 0 radical (unpaired) electrons. The molecule has 0 aliphatic rings. The van der Waals surface area contributed by atoms with Crippen molar-refractivity contribution in [2.24, 2.45) is 0 Å². The molecule has 80 valence electrons. The molecular weight excluding hydrogens is 196 g/mol. The van der Waals surface area contributed by atoms with Crippen molar-refractivity contribution in [1.82, 2.24) is 0 Å². The van der Waals surface area contributed by atoms with Gasteiger partial charge in [-0.15, -0.1) is 0 Å². The van der Waals surface area contributed by atoms with E-state index >= 15 is 0 Å². The molecule has 0 spiro atoms. The van der Waals surface area contributed by atoms with Crippen LogP contribution in [-0.2, 0) is 9.53 Å². The maximum Gasteiger partial charge on any atom is 0.309 e. The van der Waals surface area contributed by atoms with E-state index < -0.39 is 0 Å². The topological polar surface area (TPSA) is 66.8 Å². The van der Waals surface area contributed by atoms with E-state index in [9.17, 15) is 9.90 Å². The Morgan fingerprint density at radius 1 is 1.40 bits per heavy atom. The highest BCUT2D eigenvalue weighted by Gasteiger charge is 1.98. The Bertz CT molecular complexity index is 382. The van der Waals surface area contributed by atoms with Gasteiger partial charge in [-0.1, -0.05) is 18.2 Å². The van der Waals surface area contributed by atoms with Crippen molar-refractivity contribution in [3.63, 3.8) is 0 Å². The zero-order chi connectivity index (χ0) is 11.3. The number of rotatable bonds is 3. The van der Waals surface area contributed by atoms with Crippen molar-refractivity contribution in [3.05, 3.63) is 29.8 Å². The van der Waals surface area contributed by atoms with Crippen molar-refractivity contribution in [2.45, 2.75) is 6.42 Å². The van der Waals surface area contributed by atoms with E-state index in [2.05, 4.69) is 4.74 Å². The third-order valence-electron chi connectivity index (χ3n) is 1.82. The Labute approximate surface area is 87.4 Å². The molecule has 0 amide bonds. The summed E-state index contributed by atoms with van der Waals surface area (Å²) >= 11 is 0. The Hall–Kier alpha value is -1.97. The first-order valence-corrected chi connectivity index (χ1v) is 4.39. The summed E-state index contributed by atoms with van der Waals surface area (Å²) in [6, 6.07) is 4.42. The minimum absolute atomic E-state index is 0.167. The lowest BCUT2D eigenvalue weighted by molar-refractivity contribution is -0.139. The van der Waals surface area contributed by atoms with Gasteiger partial charge in [0.15, 0.2) is 11.5 Å². The van der Waals surface area contributed by atoms with Crippen LogP contribution in [0.4, 0.5) is 0 Å². The number of benzene rings is 1. The predicted octanol–water partition coefficient (Wildman–Crippen LogP) is 1.67. The first-order chi connectivity index (χ1) is 7.13. The molecule has 4 heteroatoms. The smallest absolute Gasteiger partial charge is 0.309 e. The number of esters is 1. The lowest BCUT2D eigenvalue weighted by Crippen LogP contribution is -1.96. The van der Waals surface area contributed by atoms with Crippen LogP contribution in [0.15, 0.2) is 24.3 Å². The van der Waals surface area contributed by atoms with Gasteiger partial charge in [0, 0.05) is 0 Å². The SMILES string of the molecule is COC(=O)CC=Cc1ccc(O)c(O)c1. The number of phenolic OH excluding ortho intramolecular Hbond substituents is 2. The van der Waals surface area contributed by atoms with Crippen LogP contribution < -0.4 is 0 Å². The lowest BCUT2D eigenvalue weighted by Gasteiger charge is -1.98. The summed E-state index contributed by atoms with van der Waals surface area (Å²) in [6.07, 6.45) is 3.46. The molecule has 0 heterocycles. The van der Waals surface area contributed by atoms with E-state index in [0.29, 0.717) is 5.56 Å². The summed E-state index contributed by atoms with van der Waals surface area (Å²) in [7, 11) is 1.32. The predicted molar refractivity (Wildman–Crippen MR) is 55.4 cm³/mol. The van der Waals surface area contributed by atoms with Gasteiger partial charge in [-0.05, 0) is 17.7 Å². The van der Waals surface area contributed by atoms with Crippen LogP contribution in [0.5, 0.6) is 11.5 Å². The lowest BCUT2D eigenvalue weighted by atomic mass is 10.2. The number of carbonyl (C=O) groups is 1. The van der Waals surface area contributed by atoms with E-state index in [4.69, 9.17) is 5.11 Å². The van der Waals surface area contributed by atoms with Gasteiger partial charge in [-0.3, -0.25) is 4.79 Å². The molecule has 1 aromatic rings. The maximum atomic E-state index is 10.8. The molecule has 2 N–H and O–H groups in total. The van der Waals surface area contributed by atoms with Crippen LogP contribution in [0.25, 0.3) is 6.08 Å². The van der Waals surface area contributed by atoms with E-state index in [1.54, 1.807) is 18.2 Å². The van der Waals surface area contributed by atoms with E-state index in [-0.39, 0.29) is 23.9 Å². The van der Waals surface area contributed by atoms with Gasteiger partial charge in [0.1, 0.15) is 0 Å². The Kier molecular flexibility index (Phi) is 3.74. The minimum Gasteiger partial charge on any atom is -0.504 e. The quantitative estimate of drug-likeness (QED) is 0.585. The van der Waals surface area contributed by atoms with Crippen molar-refractivity contribution in [2.75, 3.05) is 7.11 Å². The molecule has 1 aromatic carbocycles. The zero-order valence-electron chi connectivity index (χ0n) is 8.30. The summed E-state index contributed by atoms with van der Waals surface area (Å²) in [5.41, 5.74) is 0.703. The standard InChI is InChI=1S/C11H12O4/c1-15-11(14)4-2-3-8-5-6-9(12)10(13)7-8/h2-3,5-7,12-13H,4H2,1H3. The van der Waals surface area contributed by atoms with Crippen molar-refractivity contribution < 1.29 is 19.7 Å². The second-order valence-electron chi connectivity index (χ2n) is 2.93. The largest absolute Gasteiger partial charge is 0.504 e. The van der Waals surface area contributed by atoms with Crippen LogP contribution in [0, 0.1) is 0 Å². The van der Waals surface area contributed by atoms with Gasteiger partial charge in [0.2, 0.25) is 0 Å². The molecule has 0 saturated carbocycles. The van der Waals surface area contributed by atoms with Crippen molar-refractivity contribution in [1.29, 1.82) is 0 Å². The van der Waals surface area contributed by atoms with E-state index in [1.165, 1.54) is 19.2 Å². The molecule has 0 fully saturated rings. The fourth-order valence-electron chi connectivity index (χ4n) is 1.02. The number of hydrogen-bond donors (Lipinski definition) is 2. The second-order valence-corrected chi connectivity index (χ2v) is 2.93. The Balaban J connectivity index is 2.65. The highest BCUT2D eigenvalue weighted by Crippen LogP contribution is 2.25. The third-order valence-corrected chi connectivity index (χ3v) is 1.82. The van der Waals surface area contributed by atoms with Gasteiger partial charge >= 0.3 is 5.97 Å². The van der Waals surface area contributed by atoms with Crippen molar-refractivity contribution >= 4 is 12.0 Å². The normalized spacial score (nSPS) is 10.5. The van der Waals surface area contributed by atoms with Crippen LogP contribution >= 0.6 is 0 Å². The van der Waals surface area contributed by atoms with Crippen LogP contribution in [0.3, 0.4) is 0 Å². The van der Waals surface area contributed by atoms with Gasteiger partial charge in [-0.25, -0.2) is 0 Å². The second kappa shape index (κ2) is 5.05. The molecule has 1 rings (SSSR count). The van der Waals surface area contributed by atoms with Crippen molar-refractivity contribution in [3.8, 4) is 11.5 Å². The first-order valence-electron chi connectivity index (χ1n) is 4.39. The average Bonchev–Trinajstić information content (AvgIpc) is 2.23. The maximum absolute atomic E-state index is 10.8. The van der Waals surface area contributed by atoms with Gasteiger partial charge < -0.3 is 14.9 Å². The summed E-state index contributed by atoms with van der Waals surface area (Å²) in [5, 5.41) is 18.2. The molecule has 0 unspecified atom stereocenters. The highest BCUT2D eigenvalue weighted by atomic mass is 16.5. The zero-order valence-corrected chi connectivity index (χ0v) is 8.30. The number of ether oxygens (including phenoxy) is 1.